The summed E-state index contributed by atoms with van der Waals surface area (Å²) in [7, 11) is 5.63. The van der Waals surface area contributed by atoms with Crippen LogP contribution >= 0.6 is 0 Å². The number of amides is 1. The minimum atomic E-state index is -0.106. The third kappa shape index (κ3) is 4.03. The average molecular weight is 359 g/mol. The topological polar surface area (TPSA) is 83.6 Å². The first-order valence-corrected chi connectivity index (χ1v) is 8.64. The van der Waals surface area contributed by atoms with E-state index in [1.807, 2.05) is 37.2 Å². The van der Waals surface area contributed by atoms with Gasteiger partial charge in [-0.1, -0.05) is 12.1 Å². The normalized spacial score (nSPS) is 19.9. The third-order valence-corrected chi connectivity index (χ3v) is 4.58. The average Bonchev–Trinajstić information content (AvgIpc) is 3.30. The molecule has 26 heavy (non-hydrogen) atoms. The van der Waals surface area contributed by atoms with E-state index in [2.05, 4.69) is 15.4 Å². The number of methoxy groups -OCH3 is 1. The van der Waals surface area contributed by atoms with Gasteiger partial charge in [-0.15, -0.1) is 0 Å². The zero-order valence-corrected chi connectivity index (χ0v) is 15.4. The first-order chi connectivity index (χ1) is 12.6. The molecule has 1 amide bonds. The zero-order chi connectivity index (χ0) is 18.5. The predicted octanol–water partition coefficient (Wildman–Crippen LogP) is 1.000. The molecule has 3 rings (SSSR count). The van der Waals surface area contributed by atoms with E-state index >= 15 is 0 Å². The number of benzene rings is 1. The number of aromatic nitrogens is 3. The fraction of sp³-hybridized carbons (Fsp3) is 0.500. The van der Waals surface area contributed by atoms with E-state index in [-0.39, 0.29) is 17.9 Å². The van der Waals surface area contributed by atoms with Crippen molar-refractivity contribution in [2.45, 2.75) is 12.0 Å². The summed E-state index contributed by atoms with van der Waals surface area (Å²) in [4.78, 5) is 16.9. The summed E-state index contributed by atoms with van der Waals surface area (Å²) < 4.78 is 11.4. The maximum atomic E-state index is 13.1. The predicted molar refractivity (Wildman–Crippen MR) is 96.3 cm³/mol. The molecule has 0 radical (unpaired) electrons. The summed E-state index contributed by atoms with van der Waals surface area (Å²) in [6.07, 6.45) is 1.58. The first kappa shape index (κ1) is 18.3. The van der Waals surface area contributed by atoms with Crippen molar-refractivity contribution in [2.75, 3.05) is 47.4 Å². The Morgan fingerprint density at radius 2 is 2.15 bits per heavy atom. The highest BCUT2D eigenvalue weighted by molar-refractivity contribution is 5.97. The number of likely N-dealkylation sites (tertiary alicyclic amines) is 1. The minimum absolute atomic E-state index is 0.00419. The summed E-state index contributed by atoms with van der Waals surface area (Å²) in [6.45, 7) is 2.36. The minimum Gasteiger partial charge on any atom is -0.491 e. The fourth-order valence-corrected chi connectivity index (χ4v) is 3.13. The smallest absolute Gasteiger partial charge is 0.257 e. The van der Waals surface area contributed by atoms with Gasteiger partial charge >= 0.3 is 0 Å². The van der Waals surface area contributed by atoms with E-state index < -0.39 is 0 Å². The lowest BCUT2D eigenvalue weighted by molar-refractivity contribution is 0.0710. The second kappa shape index (κ2) is 8.29. The highest BCUT2D eigenvalue weighted by atomic mass is 16.5. The van der Waals surface area contributed by atoms with Crippen molar-refractivity contribution < 1.29 is 14.3 Å². The number of likely N-dealkylation sites (N-methyl/N-ethyl adjacent to an activating group) is 1. The molecule has 1 fully saturated rings. The number of H-pyrrole nitrogens is 1. The molecule has 1 saturated heterocycles. The van der Waals surface area contributed by atoms with Gasteiger partial charge in [-0.3, -0.25) is 4.79 Å². The van der Waals surface area contributed by atoms with Crippen LogP contribution in [0.15, 0.2) is 30.5 Å². The Kier molecular flexibility index (Phi) is 5.85. The molecule has 2 atom stereocenters. The van der Waals surface area contributed by atoms with Gasteiger partial charge in [0.1, 0.15) is 12.4 Å². The zero-order valence-electron chi connectivity index (χ0n) is 15.4. The summed E-state index contributed by atoms with van der Waals surface area (Å²) in [5, 5.41) is 10.6. The molecule has 8 nitrogen and oxygen atoms in total. The molecule has 0 unspecified atom stereocenters. The lowest BCUT2D eigenvalue weighted by Gasteiger charge is -2.19. The number of carbonyl (C=O) groups is 1. The van der Waals surface area contributed by atoms with Gasteiger partial charge in [-0.25, -0.2) is 0 Å². The number of aromatic amines is 1. The number of para-hydroxylation sites is 1. The van der Waals surface area contributed by atoms with Gasteiger partial charge in [0.25, 0.3) is 5.91 Å². The van der Waals surface area contributed by atoms with Gasteiger partial charge in [-0.05, 0) is 26.2 Å². The van der Waals surface area contributed by atoms with Gasteiger partial charge in [0.05, 0.1) is 29.5 Å². The van der Waals surface area contributed by atoms with Crippen LogP contribution in [0.2, 0.25) is 0 Å². The number of hydrogen-bond acceptors (Lipinski definition) is 6. The molecule has 2 heterocycles. The molecule has 1 N–H and O–H groups in total. The van der Waals surface area contributed by atoms with E-state index in [1.54, 1.807) is 24.3 Å². The molecular formula is C18H25N5O3. The Morgan fingerprint density at radius 3 is 2.85 bits per heavy atom. The Bertz CT molecular complexity index is 719. The van der Waals surface area contributed by atoms with Crippen LogP contribution in [-0.2, 0) is 4.74 Å². The lowest BCUT2D eigenvalue weighted by Crippen LogP contribution is -2.30. The molecule has 1 aromatic heterocycles. The molecule has 140 valence electrons. The SMILES string of the molecule is CO[C@@H]1CN(C(=O)c2ccccc2OCCN(C)C)C[C@H]1c1cn[nH]n1. The summed E-state index contributed by atoms with van der Waals surface area (Å²) in [5.74, 6) is 0.557. The van der Waals surface area contributed by atoms with Gasteiger partial charge < -0.3 is 19.3 Å². The summed E-state index contributed by atoms with van der Waals surface area (Å²) in [5.41, 5.74) is 1.38. The maximum absolute atomic E-state index is 13.1. The highest BCUT2D eigenvalue weighted by Crippen LogP contribution is 2.30. The van der Waals surface area contributed by atoms with E-state index in [1.165, 1.54) is 0 Å². The molecule has 0 spiro atoms. The largest absolute Gasteiger partial charge is 0.491 e. The molecule has 2 aromatic rings. The number of rotatable bonds is 7. The maximum Gasteiger partial charge on any atom is 0.257 e. The second-order valence-corrected chi connectivity index (χ2v) is 6.63. The van der Waals surface area contributed by atoms with E-state index in [9.17, 15) is 4.79 Å². The fourth-order valence-electron chi connectivity index (χ4n) is 3.13. The van der Waals surface area contributed by atoms with E-state index in [0.29, 0.717) is 31.0 Å². The van der Waals surface area contributed by atoms with Crippen molar-refractivity contribution in [1.29, 1.82) is 0 Å². The molecule has 0 bridgehead atoms. The van der Waals surface area contributed by atoms with E-state index in [4.69, 9.17) is 9.47 Å². The van der Waals surface area contributed by atoms with Crippen molar-refractivity contribution in [2.24, 2.45) is 0 Å². The molecule has 0 aliphatic carbocycles. The monoisotopic (exact) mass is 359 g/mol. The first-order valence-electron chi connectivity index (χ1n) is 8.64. The van der Waals surface area contributed by atoms with Crippen molar-refractivity contribution in [3.63, 3.8) is 0 Å². The van der Waals surface area contributed by atoms with Gasteiger partial charge in [0.2, 0.25) is 0 Å². The Morgan fingerprint density at radius 1 is 1.35 bits per heavy atom. The van der Waals surface area contributed by atoms with Crippen LogP contribution in [0.25, 0.3) is 0 Å². The van der Waals surface area contributed by atoms with E-state index in [0.717, 1.165) is 12.2 Å². The number of nitrogens with one attached hydrogen (secondary N) is 1. The van der Waals surface area contributed by atoms with Crippen molar-refractivity contribution in [1.82, 2.24) is 25.2 Å². The molecule has 8 heteroatoms. The van der Waals surface area contributed by atoms with Gasteiger partial charge in [0, 0.05) is 26.7 Å². The van der Waals surface area contributed by atoms with Crippen LogP contribution in [0.3, 0.4) is 0 Å². The van der Waals surface area contributed by atoms with Gasteiger partial charge in [0.15, 0.2) is 0 Å². The molecular weight excluding hydrogens is 334 g/mol. The quantitative estimate of drug-likeness (QED) is 0.794. The Balaban J connectivity index is 1.73. The number of hydrogen-bond donors (Lipinski definition) is 1. The second-order valence-electron chi connectivity index (χ2n) is 6.63. The van der Waals surface area contributed by atoms with Gasteiger partial charge in [-0.2, -0.15) is 15.4 Å². The molecule has 1 aromatic carbocycles. The molecule has 0 saturated carbocycles. The van der Waals surface area contributed by atoms with Crippen LogP contribution < -0.4 is 4.74 Å². The van der Waals surface area contributed by atoms with Crippen LogP contribution in [-0.4, -0.2) is 84.7 Å². The van der Waals surface area contributed by atoms with Crippen molar-refractivity contribution >= 4 is 5.91 Å². The number of carbonyl (C=O) groups excluding carboxylic acids is 1. The van der Waals surface area contributed by atoms with Crippen LogP contribution in [0.5, 0.6) is 5.75 Å². The van der Waals surface area contributed by atoms with Crippen molar-refractivity contribution in [3.8, 4) is 5.75 Å². The van der Waals surface area contributed by atoms with Crippen LogP contribution in [0.1, 0.15) is 22.0 Å². The van der Waals surface area contributed by atoms with Crippen molar-refractivity contribution in [3.05, 3.63) is 41.7 Å². The number of ether oxygens (including phenoxy) is 2. The van der Waals surface area contributed by atoms with Crippen LogP contribution in [0, 0.1) is 0 Å². The highest BCUT2D eigenvalue weighted by Gasteiger charge is 2.38. The third-order valence-electron chi connectivity index (χ3n) is 4.58. The van der Waals surface area contributed by atoms with Crippen LogP contribution in [0.4, 0.5) is 0 Å². The lowest BCUT2D eigenvalue weighted by atomic mass is 10.0. The summed E-state index contributed by atoms with van der Waals surface area (Å²) >= 11 is 0. The summed E-state index contributed by atoms with van der Waals surface area (Å²) in [6, 6.07) is 7.37. The Hall–Kier alpha value is -2.45. The Labute approximate surface area is 153 Å². The number of nitrogens with zero attached hydrogens (tertiary/aromatic N) is 4. The molecule has 1 aliphatic rings. The molecule has 1 aliphatic heterocycles. The standard InChI is InChI=1S/C18H25N5O3/c1-22(2)8-9-26-16-7-5-4-6-13(16)18(24)23-11-14(17(12-23)25-3)15-10-19-21-20-15/h4-7,10,14,17H,8-9,11-12H2,1-3H3,(H,19,20,21)/t14-,17+/m0/s1.